The molecule has 0 saturated carbocycles. The number of benzene rings is 2. The molecule has 0 bridgehead atoms. The first-order valence-corrected chi connectivity index (χ1v) is 9.16. The van der Waals surface area contributed by atoms with E-state index in [1.165, 1.54) is 0 Å². The Morgan fingerprint density at radius 1 is 0.846 bits per heavy atom. The lowest BCUT2D eigenvalue weighted by Gasteiger charge is -2.38. The molecule has 0 radical (unpaired) electrons. The first kappa shape index (κ1) is 20.6. The van der Waals surface area contributed by atoms with E-state index in [0.717, 1.165) is 30.8 Å². The van der Waals surface area contributed by atoms with Gasteiger partial charge in [0.25, 0.3) is 0 Å². The highest BCUT2D eigenvalue weighted by Gasteiger charge is 2.38. The number of rotatable bonds is 11. The average Bonchev–Trinajstić information content (AvgIpc) is 2.70. The SMILES string of the molecule is COCCN(CCOC)CC(C)C(O)(c1ccccc1)c1ccccc1. The Hall–Kier alpha value is -1.72. The van der Waals surface area contributed by atoms with Gasteiger partial charge in [0.1, 0.15) is 5.60 Å². The molecular weight excluding hydrogens is 326 g/mol. The molecule has 2 aromatic rings. The molecule has 26 heavy (non-hydrogen) atoms. The third-order valence-electron chi connectivity index (χ3n) is 4.90. The van der Waals surface area contributed by atoms with E-state index in [1.54, 1.807) is 14.2 Å². The maximum absolute atomic E-state index is 11.8. The number of aliphatic hydroxyl groups is 1. The lowest BCUT2D eigenvalue weighted by molar-refractivity contribution is 0.000640. The predicted octanol–water partition coefficient (Wildman–Crippen LogP) is 3.15. The molecule has 0 aliphatic heterocycles. The minimum absolute atomic E-state index is 0.0130. The largest absolute Gasteiger partial charge is 0.383 e. The first-order chi connectivity index (χ1) is 12.6. The van der Waals surface area contributed by atoms with Gasteiger partial charge >= 0.3 is 0 Å². The van der Waals surface area contributed by atoms with Gasteiger partial charge in [-0.1, -0.05) is 67.6 Å². The zero-order valence-corrected chi connectivity index (χ0v) is 16.1. The Morgan fingerprint density at radius 2 is 1.27 bits per heavy atom. The van der Waals surface area contributed by atoms with Crippen molar-refractivity contribution >= 4 is 0 Å². The van der Waals surface area contributed by atoms with Crippen molar-refractivity contribution in [2.45, 2.75) is 12.5 Å². The second kappa shape index (κ2) is 10.4. The topological polar surface area (TPSA) is 41.9 Å². The van der Waals surface area contributed by atoms with Crippen molar-refractivity contribution in [2.75, 3.05) is 47.1 Å². The zero-order chi connectivity index (χ0) is 18.8. The van der Waals surface area contributed by atoms with Crippen LogP contribution in [0.4, 0.5) is 0 Å². The van der Waals surface area contributed by atoms with Gasteiger partial charge in [0.15, 0.2) is 0 Å². The molecule has 0 aliphatic carbocycles. The zero-order valence-electron chi connectivity index (χ0n) is 16.1. The lowest BCUT2D eigenvalue weighted by Crippen LogP contribution is -2.43. The fourth-order valence-electron chi connectivity index (χ4n) is 3.37. The van der Waals surface area contributed by atoms with Crippen LogP contribution in [-0.2, 0) is 15.1 Å². The highest BCUT2D eigenvalue weighted by Crippen LogP contribution is 2.37. The maximum Gasteiger partial charge on any atom is 0.118 e. The lowest BCUT2D eigenvalue weighted by atomic mass is 9.76. The number of hydrogen-bond acceptors (Lipinski definition) is 4. The van der Waals surface area contributed by atoms with Crippen LogP contribution < -0.4 is 0 Å². The van der Waals surface area contributed by atoms with Gasteiger partial charge in [-0.2, -0.15) is 0 Å². The average molecular weight is 357 g/mol. The molecule has 1 N–H and O–H groups in total. The molecule has 4 heteroatoms. The molecule has 1 atom stereocenters. The number of methoxy groups -OCH3 is 2. The van der Waals surface area contributed by atoms with Crippen molar-refractivity contribution < 1.29 is 14.6 Å². The Labute approximate surface area is 157 Å². The van der Waals surface area contributed by atoms with Crippen LogP contribution in [-0.4, -0.2) is 57.1 Å². The normalized spacial score (nSPS) is 13.1. The van der Waals surface area contributed by atoms with E-state index in [0.29, 0.717) is 13.2 Å². The maximum atomic E-state index is 11.8. The molecule has 142 valence electrons. The third kappa shape index (κ3) is 5.15. The van der Waals surface area contributed by atoms with Gasteiger partial charge in [-0.05, 0) is 11.1 Å². The van der Waals surface area contributed by atoms with E-state index in [-0.39, 0.29) is 5.92 Å². The third-order valence-corrected chi connectivity index (χ3v) is 4.90. The van der Waals surface area contributed by atoms with Crippen LogP contribution in [0.3, 0.4) is 0 Å². The molecule has 0 heterocycles. The molecule has 0 spiro atoms. The van der Waals surface area contributed by atoms with Crippen molar-refractivity contribution in [3.63, 3.8) is 0 Å². The summed E-state index contributed by atoms with van der Waals surface area (Å²) in [6, 6.07) is 19.8. The molecule has 0 fully saturated rings. The van der Waals surface area contributed by atoms with E-state index in [2.05, 4.69) is 11.8 Å². The van der Waals surface area contributed by atoms with E-state index in [1.807, 2.05) is 60.7 Å². The summed E-state index contributed by atoms with van der Waals surface area (Å²) in [7, 11) is 3.42. The summed E-state index contributed by atoms with van der Waals surface area (Å²) in [4.78, 5) is 2.29. The van der Waals surface area contributed by atoms with Crippen LogP contribution in [0.25, 0.3) is 0 Å². The highest BCUT2D eigenvalue weighted by molar-refractivity contribution is 5.36. The van der Waals surface area contributed by atoms with E-state index < -0.39 is 5.60 Å². The molecule has 1 unspecified atom stereocenters. The summed E-state index contributed by atoms with van der Waals surface area (Å²) in [6.07, 6.45) is 0. The highest BCUT2D eigenvalue weighted by atomic mass is 16.5. The van der Waals surface area contributed by atoms with Gasteiger partial charge in [0.05, 0.1) is 13.2 Å². The molecule has 4 nitrogen and oxygen atoms in total. The molecular formula is C22H31NO3. The van der Waals surface area contributed by atoms with E-state index in [9.17, 15) is 5.11 Å². The summed E-state index contributed by atoms with van der Waals surface area (Å²) in [5, 5.41) is 11.8. The van der Waals surface area contributed by atoms with Crippen LogP contribution >= 0.6 is 0 Å². The number of hydrogen-bond donors (Lipinski definition) is 1. The summed E-state index contributed by atoms with van der Waals surface area (Å²) < 4.78 is 10.5. The Morgan fingerprint density at radius 3 is 1.65 bits per heavy atom. The monoisotopic (exact) mass is 357 g/mol. The Bertz CT molecular complexity index is 570. The van der Waals surface area contributed by atoms with Crippen molar-refractivity contribution in [3.8, 4) is 0 Å². The van der Waals surface area contributed by atoms with Crippen molar-refractivity contribution in [2.24, 2.45) is 5.92 Å². The summed E-state index contributed by atoms with van der Waals surface area (Å²) in [5.41, 5.74) is 0.773. The van der Waals surface area contributed by atoms with Gasteiger partial charge in [-0.15, -0.1) is 0 Å². The van der Waals surface area contributed by atoms with Crippen molar-refractivity contribution in [3.05, 3.63) is 71.8 Å². The summed E-state index contributed by atoms with van der Waals surface area (Å²) in [6.45, 7) is 5.78. The Kier molecular flexibility index (Phi) is 8.26. The predicted molar refractivity (Wildman–Crippen MR) is 105 cm³/mol. The standard InChI is InChI=1S/C22H31NO3/c1-19(18-23(14-16-25-2)15-17-26-3)22(24,20-10-6-4-7-11-20)21-12-8-5-9-13-21/h4-13,19,24H,14-18H2,1-3H3. The molecule has 0 aromatic heterocycles. The second-order valence-corrected chi connectivity index (χ2v) is 6.69. The number of ether oxygens (including phenoxy) is 2. The van der Waals surface area contributed by atoms with Crippen LogP contribution in [0.1, 0.15) is 18.1 Å². The van der Waals surface area contributed by atoms with Crippen LogP contribution in [0.5, 0.6) is 0 Å². The van der Waals surface area contributed by atoms with Crippen LogP contribution in [0.15, 0.2) is 60.7 Å². The van der Waals surface area contributed by atoms with Crippen molar-refractivity contribution in [1.82, 2.24) is 4.90 Å². The first-order valence-electron chi connectivity index (χ1n) is 9.16. The molecule has 0 aliphatic rings. The van der Waals surface area contributed by atoms with Gasteiger partial charge in [0, 0.05) is 39.8 Å². The second-order valence-electron chi connectivity index (χ2n) is 6.69. The fraction of sp³-hybridized carbons (Fsp3) is 0.455. The molecule has 2 aromatic carbocycles. The van der Waals surface area contributed by atoms with Crippen molar-refractivity contribution in [1.29, 1.82) is 0 Å². The minimum atomic E-state index is -1.05. The van der Waals surface area contributed by atoms with Crippen LogP contribution in [0.2, 0.25) is 0 Å². The van der Waals surface area contributed by atoms with Gasteiger partial charge in [-0.3, -0.25) is 4.90 Å². The number of nitrogens with zero attached hydrogens (tertiary/aromatic N) is 1. The van der Waals surface area contributed by atoms with Crippen LogP contribution in [0, 0.1) is 5.92 Å². The molecule has 2 rings (SSSR count). The Balaban J connectivity index is 2.29. The fourth-order valence-corrected chi connectivity index (χ4v) is 3.37. The van der Waals surface area contributed by atoms with E-state index >= 15 is 0 Å². The quantitative estimate of drug-likeness (QED) is 0.671. The van der Waals surface area contributed by atoms with Gasteiger partial charge < -0.3 is 14.6 Å². The minimum Gasteiger partial charge on any atom is -0.383 e. The van der Waals surface area contributed by atoms with Gasteiger partial charge in [-0.25, -0.2) is 0 Å². The van der Waals surface area contributed by atoms with E-state index in [4.69, 9.17) is 9.47 Å². The smallest absolute Gasteiger partial charge is 0.118 e. The summed E-state index contributed by atoms with van der Waals surface area (Å²) >= 11 is 0. The molecule has 0 saturated heterocycles. The molecule has 0 amide bonds. The van der Waals surface area contributed by atoms with Gasteiger partial charge in [0.2, 0.25) is 0 Å². The summed E-state index contributed by atoms with van der Waals surface area (Å²) in [5.74, 6) is -0.0130.